The fourth-order valence-corrected chi connectivity index (χ4v) is 3.36. The van der Waals surface area contributed by atoms with Crippen LogP contribution >= 0.6 is 0 Å². The van der Waals surface area contributed by atoms with E-state index in [4.69, 9.17) is 23.4 Å². The Labute approximate surface area is 170 Å². The molecule has 0 N–H and O–H groups in total. The van der Waals surface area contributed by atoms with Crippen LogP contribution in [0.3, 0.4) is 0 Å². The molecule has 2 heterocycles. The van der Waals surface area contributed by atoms with Crippen molar-refractivity contribution in [3.05, 3.63) is 46.3 Å². The average molecular weight is 410 g/mol. The van der Waals surface area contributed by atoms with E-state index in [1.807, 2.05) is 0 Å². The Bertz CT molecular complexity index is 1240. The van der Waals surface area contributed by atoms with Crippen molar-refractivity contribution < 1.29 is 33.0 Å². The van der Waals surface area contributed by atoms with Crippen molar-refractivity contribution >= 4 is 22.9 Å². The monoisotopic (exact) mass is 410 g/mol. The van der Waals surface area contributed by atoms with E-state index in [-0.39, 0.29) is 22.5 Å². The molecular formula is C22H18O8. The number of carbonyl (C=O) groups excluding carboxylic acids is 2. The number of carbonyl (C=O) groups is 2. The minimum Gasteiger partial charge on any atom is -0.486 e. The summed E-state index contributed by atoms with van der Waals surface area (Å²) in [5.74, 6) is 0.331. The molecule has 30 heavy (non-hydrogen) atoms. The van der Waals surface area contributed by atoms with E-state index in [9.17, 15) is 14.4 Å². The third-order valence-corrected chi connectivity index (χ3v) is 4.45. The molecule has 0 spiro atoms. The van der Waals surface area contributed by atoms with Gasteiger partial charge in [-0.25, -0.2) is 0 Å². The minimum atomic E-state index is -0.628. The molecule has 2 aromatic carbocycles. The summed E-state index contributed by atoms with van der Waals surface area (Å²) in [6.45, 7) is 4.97. The molecule has 8 nitrogen and oxygen atoms in total. The Morgan fingerprint density at radius 2 is 1.63 bits per heavy atom. The molecule has 0 radical (unpaired) electrons. The van der Waals surface area contributed by atoms with Crippen molar-refractivity contribution in [3.8, 4) is 34.1 Å². The Balaban J connectivity index is 1.95. The summed E-state index contributed by atoms with van der Waals surface area (Å²) in [5.41, 5.74) is 0.614. The van der Waals surface area contributed by atoms with Crippen molar-refractivity contribution in [1.29, 1.82) is 0 Å². The first-order chi connectivity index (χ1) is 14.3. The molecule has 3 aromatic rings. The topological polar surface area (TPSA) is 101 Å². The van der Waals surface area contributed by atoms with E-state index in [0.29, 0.717) is 41.6 Å². The van der Waals surface area contributed by atoms with Crippen molar-refractivity contribution in [2.45, 2.75) is 20.8 Å². The molecule has 1 aliphatic heterocycles. The highest BCUT2D eigenvalue weighted by Crippen LogP contribution is 2.37. The first kappa shape index (κ1) is 19.5. The number of fused-ring (bicyclic) bond motifs is 2. The second-order valence-electron chi connectivity index (χ2n) is 6.70. The number of esters is 2. The van der Waals surface area contributed by atoms with E-state index >= 15 is 0 Å². The summed E-state index contributed by atoms with van der Waals surface area (Å²) in [5, 5.41) is 0.0663. The van der Waals surface area contributed by atoms with Crippen LogP contribution in [0.15, 0.2) is 39.5 Å². The Hall–Kier alpha value is -3.81. The third kappa shape index (κ3) is 3.59. The van der Waals surface area contributed by atoms with Crippen molar-refractivity contribution in [2.75, 3.05) is 13.2 Å². The van der Waals surface area contributed by atoms with Gasteiger partial charge in [0.05, 0.1) is 5.56 Å². The lowest BCUT2D eigenvalue weighted by molar-refractivity contribution is -0.132. The predicted molar refractivity (Wildman–Crippen MR) is 106 cm³/mol. The number of rotatable bonds is 3. The van der Waals surface area contributed by atoms with E-state index < -0.39 is 17.4 Å². The molecule has 154 valence electrons. The van der Waals surface area contributed by atoms with Gasteiger partial charge in [0.25, 0.3) is 0 Å². The molecule has 1 aliphatic rings. The third-order valence-electron chi connectivity index (χ3n) is 4.45. The lowest BCUT2D eigenvalue weighted by Gasteiger charge is -2.19. The number of benzene rings is 2. The van der Waals surface area contributed by atoms with Crippen LogP contribution < -0.4 is 24.4 Å². The fourth-order valence-electron chi connectivity index (χ4n) is 3.36. The lowest BCUT2D eigenvalue weighted by atomic mass is 10.0. The highest BCUT2D eigenvalue weighted by Gasteiger charge is 2.21. The molecule has 0 fully saturated rings. The predicted octanol–water partition coefficient (Wildman–Crippen LogP) is 3.39. The van der Waals surface area contributed by atoms with E-state index in [1.165, 1.54) is 26.0 Å². The summed E-state index contributed by atoms with van der Waals surface area (Å²) >= 11 is 0. The van der Waals surface area contributed by atoms with Gasteiger partial charge >= 0.3 is 11.9 Å². The molecule has 0 amide bonds. The number of ether oxygens (including phenoxy) is 4. The molecule has 1 aromatic heterocycles. The Kier molecular flexibility index (Phi) is 4.91. The maximum atomic E-state index is 13.4. The summed E-state index contributed by atoms with van der Waals surface area (Å²) in [4.78, 5) is 36.3. The van der Waals surface area contributed by atoms with E-state index in [1.54, 1.807) is 25.1 Å². The highest BCUT2D eigenvalue weighted by molar-refractivity contribution is 5.91. The summed E-state index contributed by atoms with van der Waals surface area (Å²) in [6.07, 6.45) is 0. The van der Waals surface area contributed by atoms with Gasteiger partial charge in [0, 0.05) is 26.0 Å². The van der Waals surface area contributed by atoms with Crippen molar-refractivity contribution in [2.24, 2.45) is 0 Å². The van der Waals surface area contributed by atoms with Crippen LogP contribution in [-0.2, 0) is 9.59 Å². The summed E-state index contributed by atoms with van der Waals surface area (Å²) < 4.78 is 27.3. The minimum absolute atomic E-state index is 0.0520. The number of hydrogen-bond donors (Lipinski definition) is 0. The number of aryl methyl sites for hydroxylation is 1. The van der Waals surface area contributed by atoms with Crippen LogP contribution in [0.2, 0.25) is 0 Å². The molecule has 0 atom stereocenters. The Morgan fingerprint density at radius 1 is 0.933 bits per heavy atom. The summed E-state index contributed by atoms with van der Waals surface area (Å²) in [6, 6.07) is 7.88. The SMILES string of the molecule is CC(=O)Oc1cc(OC(C)=O)c2c(=O)c(-c3ccc4c(c3)OCCO4)c(C)oc2c1. The zero-order valence-electron chi connectivity index (χ0n) is 16.6. The molecule has 0 saturated heterocycles. The van der Waals surface area contributed by atoms with Gasteiger partial charge in [0.1, 0.15) is 41.4 Å². The van der Waals surface area contributed by atoms with Gasteiger partial charge < -0.3 is 23.4 Å². The molecule has 0 bridgehead atoms. The fraction of sp³-hybridized carbons (Fsp3) is 0.227. The van der Waals surface area contributed by atoms with Gasteiger partial charge in [-0.2, -0.15) is 0 Å². The molecule has 0 saturated carbocycles. The molecular weight excluding hydrogens is 392 g/mol. The smallest absolute Gasteiger partial charge is 0.308 e. The van der Waals surface area contributed by atoms with Crippen molar-refractivity contribution in [1.82, 2.24) is 0 Å². The second kappa shape index (κ2) is 7.55. The number of hydrogen-bond acceptors (Lipinski definition) is 8. The van der Waals surface area contributed by atoms with Gasteiger partial charge in [0.15, 0.2) is 11.5 Å². The zero-order valence-corrected chi connectivity index (χ0v) is 16.6. The molecule has 8 heteroatoms. The first-order valence-electron chi connectivity index (χ1n) is 9.22. The van der Waals surface area contributed by atoms with Crippen LogP contribution in [-0.4, -0.2) is 25.2 Å². The van der Waals surface area contributed by atoms with Gasteiger partial charge in [-0.1, -0.05) is 6.07 Å². The zero-order chi connectivity index (χ0) is 21.4. The first-order valence-corrected chi connectivity index (χ1v) is 9.22. The maximum absolute atomic E-state index is 13.4. The summed E-state index contributed by atoms with van der Waals surface area (Å²) in [7, 11) is 0. The average Bonchev–Trinajstić information content (AvgIpc) is 2.66. The second-order valence-corrected chi connectivity index (χ2v) is 6.70. The maximum Gasteiger partial charge on any atom is 0.308 e. The van der Waals surface area contributed by atoms with Crippen LogP contribution in [0.4, 0.5) is 0 Å². The van der Waals surface area contributed by atoms with Crippen LogP contribution in [0.25, 0.3) is 22.1 Å². The Morgan fingerprint density at radius 3 is 2.33 bits per heavy atom. The van der Waals surface area contributed by atoms with Gasteiger partial charge in [-0.05, 0) is 24.6 Å². The normalized spacial score (nSPS) is 12.5. The molecule has 4 rings (SSSR count). The quantitative estimate of drug-likeness (QED) is 0.478. The van der Waals surface area contributed by atoms with Crippen molar-refractivity contribution in [3.63, 3.8) is 0 Å². The van der Waals surface area contributed by atoms with E-state index in [0.717, 1.165) is 0 Å². The lowest BCUT2D eigenvalue weighted by Crippen LogP contribution is -2.16. The van der Waals surface area contributed by atoms with Gasteiger partial charge in [-0.3, -0.25) is 14.4 Å². The molecule has 0 unspecified atom stereocenters. The van der Waals surface area contributed by atoms with Crippen LogP contribution in [0.1, 0.15) is 19.6 Å². The largest absolute Gasteiger partial charge is 0.486 e. The molecule has 0 aliphatic carbocycles. The van der Waals surface area contributed by atoms with E-state index in [2.05, 4.69) is 0 Å². The van der Waals surface area contributed by atoms with Gasteiger partial charge in [0.2, 0.25) is 5.43 Å². The van der Waals surface area contributed by atoms with Crippen LogP contribution in [0, 0.1) is 6.92 Å². The standard InChI is InChI=1S/C22H18O8/c1-11-20(14-4-5-16-17(8-14)27-7-6-26-16)22(25)21-18(28-11)9-15(29-12(2)23)10-19(21)30-13(3)24/h4-5,8-10H,6-7H2,1-3H3. The highest BCUT2D eigenvalue weighted by atomic mass is 16.6. The van der Waals surface area contributed by atoms with Gasteiger partial charge in [-0.15, -0.1) is 0 Å². The van der Waals surface area contributed by atoms with Crippen LogP contribution in [0.5, 0.6) is 23.0 Å².